The van der Waals surface area contributed by atoms with E-state index in [-0.39, 0.29) is 23.7 Å². The smallest absolute Gasteiger partial charge is 0.226 e. The van der Waals surface area contributed by atoms with Crippen LogP contribution in [0.1, 0.15) is 18.9 Å². The molecule has 1 aliphatic heterocycles. The summed E-state index contributed by atoms with van der Waals surface area (Å²) in [6.45, 7) is 7.01. The molecule has 2 aliphatic rings. The Bertz CT molecular complexity index is 626. The molecule has 1 heterocycles. The normalized spacial score (nSPS) is 23.2. The Labute approximate surface area is 149 Å². The first-order valence-electron chi connectivity index (χ1n) is 9.04. The molecule has 2 atom stereocenters. The van der Waals surface area contributed by atoms with Crippen molar-refractivity contribution in [3.8, 4) is 5.75 Å². The van der Waals surface area contributed by atoms with Gasteiger partial charge in [-0.05, 0) is 19.0 Å². The fraction of sp³-hybridized carbons (Fsp3) is 0.579. The van der Waals surface area contributed by atoms with E-state index in [2.05, 4.69) is 17.1 Å². The summed E-state index contributed by atoms with van der Waals surface area (Å²) in [5.74, 6) is 0.571. The molecular weight excluding hydrogens is 318 g/mol. The zero-order valence-corrected chi connectivity index (χ0v) is 15.0. The number of rotatable bonds is 6. The second kappa shape index (κ2) is 7.87. The van der Waals surface area contributed by atoms with Crippen molar-refractivity contribution in [2.24, 2.45) is 11.8 Å². The molecule has 1 aromatic rings. The maximum atomic E-state index is 12.6. The van der Waals surface area contributed by atoms with Gasteiger partial charge in [0, 0.05) is 38.3 Å². The molecule has 136 valence electrons. The van der Waals surface area contributed by atoms with E-state index in [4.69, 9.17) is 4.74 Å². The van der Waals surface area contributed by atoms with Gasteiger partial charge >= 0.3 is 0 Å². The fourth-order valence-electron chi connectivity index (χ4n) is 3.44. The first kappa shape index (κ1) is 17.7. The zero-order valence-electron chi connectivity index (χ0n) is 15.0. The van der Waals surface area contributed by atoms with Gasteiger partial charge in [0.25, 0.3) is 0 Å². The van der Waals surface area contributed by atoms with E-state index >= 15 is 0 Å². The van der Waals surface area contributed by atoms with Crippen molar-refractivity contribution in [3.63, 3.8) is 0 Å². The highest BCUT2D eigenvalue weighted by Crippen LogP contribution is 2.40. The first-order chi connectivity index (χ1) is 12.1. The number of amides is 2. The lowest BCUT2D eigenvalue weighted by Gasteiger charge is -2.34. The average Bonchev–Trinajstić information content (AvgIpc) is 3.46. The van der Waals surface area contributed by atoms with Crippen LogP contribution in [0.5, 0.6) is 5.75 Å². The van der Waals surface area contributed by atoms with Gasteiger partial charge < -0.3 is 19.9 Å². The van der Waals surface area contributed by atoms with E-state index in [0.717, 1.165) is 44.0 Å². The van der Waals surface area contributed by atoms with E-state index in [9.17, 15) is 9.59 Å². The minimum atomic E-state index is -0.175. The number of hydrogen-bond acceptors (Lipinski definition) is 4. The van der Waals surface area contributed by atoms with Crippen molar-refractivity contribution in [3.05, 3.63) is 29.8 Å². The lowest BCUT2D eigenvalue weighted by Crippen LogP contribution is -2.49. The molecule has 2 amide bonds. The first-order valence-corrected chi connectivity index (χ1v) is 9.04. The molecule has 6 heteroatoms. The Kier molecular flexibility index (Phi) is 5.58. The number of piperazine rings is 1. The monoisotopic (exact) mass is 345 g/mol. The van der Waals surface area contributed by atoms with E-state index in [1.54, 1.807) is 7.11 Å². The number of benzene rings is 1. The summed E-state index contributed by atoms with van der Waals surface area (Å²) in [5.41, 5.74) is 0.942. The summed E-state index contributed by atoms with van der Waals surface area (Å²) >= 11 is 0. The summed E-state index contributed by atoms with van der Waals surface area (Å²) in [6, 6.07) is 7.63. The number of methoxy groups -OCH3 is 1. The van der Waals surface area contributed by atoms with Crippen molar-refractivity contribution in [2.45, 2.75) is 19.9 Å². The summed E-state index contributed by atoms with van der Waals surface area (Å²) in [6.07, 6.45) is 0.671. The second-order valence-corrected chi connectivity index (χ2v) is 6.74. The van der Waals surface area contributed by atoms with Crippen LogP contribution in [0.25, 0.3) is 0 Å². The summed E-state index contributed by atoms with van der Waals surface area (Å²) < 4.78 is 5.29. The molecule has 6 nitrogen and oxygen atoms in total. The SMILES string of the molecule is CCN1CCN(C(=O)C2CC2C(=O)NCc2ccccc2OC)CC1. The maximum Gasteiger partial charge on any atom is 0.226 e. The van der Waals surface area contributed by atoms with Crippen LogP contribution in [-0.4, -0.2) is 61.4 Å². The molecule has 0 radical (unpaired) electrons. The lowest BCUT2D eigenvalue weighted by atomic mass is 10.2. The number of nitrogens with zero attached hydrogens (tertiary/aromatic N) is 2. The quantitative estimate of drug-likeness (QED) is 0.839. The fourth-order valence-corrected chi connectivity index (χ4v) is 3.44. The Morgan fingerprint density at radius 3 is 2.56 bits per heavy atom. The molecular formula is C19H27N3O3. The summed E-state index contributed by atoms with van der Waals surface area (Å²) in [4.78, 5) is 29.2. The van der Waals surface area contributed by atoms with E-state index in [0.29, 0.717) is 13.0 Å². The van der Waals surface area contributed by atoms with Crippen molar-refractivity contribution in [2.75, 3.05) is 39.8 Å². The zero-order chi connectivity index (χ0) is 17.8. The average molecular weight is 345 g/mol. The van der Waals surface area contributed by atoms with Gasteiger partial charge in [0.2, 0.25) is 11.8 Å². The third kappa shape index (κ3) is 4.12. The number of para-hydroxylation sites is 1. The van der Waals surface area contributed by atoms with Gasteiger partial charge in [-0.15, -0.1) is 0 Å². The summed E-state index contributed by atoms with van der Waals surface area (Å²) in [5, 5.41) is 2.94. The van der Waals surface area contributed by atoms with Crippen LogP contribution in [0.2, 0.25) is 0 Å². The van der Waals surface area contributed by atoms with Crippen LogP contribution in [0, 0.1) is 11.8 Å². The standard InChI is InChI=1S/C19H27N3O3/c1-3-21-8-10-22(11-9-21)19(24)16-12-15(16)18(23)20-13-14-6-4-5-7-17(14)25-2/h4-7,15-16H,3,8-13H2,1-2H3,(H,20,23). The molecule has 1 N–H and O–H groups in total. The number of nitrogens with one attached hydrogen (secondary N) is 1. The molecule has 1 aliphatic carbocycles. The second-order valence-electron chi connectivity index (χ2n) is 6.74. The Balaban J connectivity index is 1.46. The maximum absolute atomic E-state index is 12.6. The minimum Gasteiger partial charge on any atom is -0.496 e. The van der Waals surface area contributed by atoms with E-state index in [1.807, 2.05) is 29.2 Å². The molecule has 3 rings (SSSR count). The van der Waals surface area contributed by atoms with Crippen LogP contribution >= 0.6 is 0 Å². The molecule has 1 saturated carbocycles. The van der Waals surface area contributed by atoms with Crippen molar-refractivity contribution in [1.82, 2.24) is 15.1 Å². The van der Waals surface area contributed by atoms with Crippen LogP contribution in [-0.2, 0) is 16.1 Å². The molecule has 1 saturated heterocycles. The van der Waals surface area contributed by atoms with Crippen LogP contribution in [0.3, 0.4) is 0 Å². The molecule has 1 aromatic carbocycles. The van der Waals surface area contributed by atoms with E-state index in [1.165, 1.54) is 0 Å². The van der Waals surface area contributed by atoms with Gasteiger partial charge in [0.05, 0.1) is 18.9 Å². The Morgan fingerprint density at radius 1 is 1.16 bits per heavy atom. The lowest BCUT2D eigenvalue weighted by molar-refractivity contribution is -0.136. The number of hydrogen-bond donors (Lipinski definition) is 1. The van der Waals surface area contributed by atoms with Crippen molar-refractivity contribution >= 4 is 11.8 Å². The van der Waals surface area contributed by atoms with Gasteiger partial charge in [0.15, 0.2) is 0 Å². The number of ether oxygens (including phenoxy) is 1. The molecule has 0 bridgehead atoms. The van der Waals surface area contributed by atoms with Crippen molar-refractivity contribution in [1.29, 1.82) is 0 Å². The van der Waals surface area contributed by atoms with Crippen LogP contribution in [0.4, 0.5) is 0 Å². The predicted octanol–water partition coefficient (Wildman–Crippen LogP) is 1.11. The van der Waals surface area contributed by atoms with E-state index < -0.39 is 0 Å². The third-order valence-electron chi connectivity index (χ3n) is 5.22. The molecule has 0 spiro atoms. The van der Waals surface area contributed by atoms with Crippen LogP contribution < -0.4 is 10.1 Å². The largest absolute Gasteiger partial charge is 0.496 e. The van der Waals surface area contributed by atoms with Gasteiger partial charge in [-0.2, -0.15) is 0 Å². The molecule has 2 unspecified atom stereocenters. The van der Waals surface area contributed by atoms with Crippen LogP contribution in [0.15, 0.2) is 24.3 Å². The Hall–Kier alpha value is -2.08. The minimum absolute atomic E-state index is 0.0311. The highest BCUT2D eigenvalue weighted by Gasteiger charge is 2.49. The topological polar surface area (TPSA) is 61.9 Å². The molecule has 2 fully saturated rings. The number of carbonyl (C=O) groups is 2. The van der Waals surface area contributed by atoms with Gasteiger partial charge in [0.1, 0.15) is 5.75 Å². The predicted molar refractivity (Wildman–Crippen MR) is 95.1 cm³/mol. The number of likely N-dealkylation sites (N-methyl/N-ethyl adjacent to an activating group) is 1. The highest BCUT2D eigenvalue weighted by atomic mass is 16.5. The molecule has 25 heavy (non-hydrogen) atoms. The van der Waals surface area contributed by atoms with Gasteiger partial charge in [-0.1, -0.05) is 25.1 Å². The highest BCUT2D eigenvalue weighted by molar-refractivity contribution is 5.92. The third-order valence-corrected chi connectivity index (χ3v) is 5.22. The van der Waals surface area contributed by atoms with Crippen molar-refractivity contribution < 1.29 is 14.3 Å². The Morgan fingerprint density at radius 2 is 1.88 bits per heavy atom. The number of carbonyl (C=O) groups excluding carboxylic acids is 2. The molecule has 0 aromatic heterocycles. The van der Waals surface area contributed by atoms with Gasteiger partial charge in [-0.25, -0.2) is 0 Å². The summed E-state index contributed by atoms with van der Waals surface area (Å²) in [7, 11) is 1.62. The van der Waals surface area contributed by atoms with Gasteiger partial charge in [-0.3, -0.25) is 9.59 Å².